The first-order valence-corrected chi connectivity index (χ1v) is 12.9. The van der Waals surface area contributed by atoms with E-state index in [-0.39, 0.29) is 18.3 Å². The number of ether oxygens (including phenoxy) is 2. The Morgan fingerprint density at radius 1 is 1.18 bits per heavy atom. The Bertz CT molecular complexity index is 1230. The van der Waals surface area contributed by atoms with Crippen molar-refractivity contribution in [2.45, 2.75) is 24.6 Å². The molecule has 0 radical (unpaired) electrons. The number of benzene rings is 1. The van der Waals surface area contributed by atoms with E-state index in [0.717, 1.165) is 34.2 Å². The molecule has 1 unspecified atom stereocenters. The van der Waals surface area contributed by atoms with Crippen LogP contribution in [0, 0.1) is 0 Å². The topological polar surface area (TPSA) is 105 Å². The van der Waals surface area contributed by atoms with Crippen LogP contribution in [0.1, 0.15) is 11.8 Å². The molecule has 1 aromatic carbocycles. The van der Waals surface area contributed by atoms with E-state index in [1.54, 1.807) is 17.4 Å². The minimum absolute atomic E-state index is 0.0801. The predicted molar refractivity (Wildman–Crippen MR) is 130 cm³/mol. The second-order valence-electron chi connectivity index (χ2n) is 7.97. The van der Waals surface area contributed by atoms with Crippen LogP contribution in [-0.2, 0) is 16.0 Å². The lowest BCUT2D eigenvalue weighted by molar-refractivity contribution is -0.141. The minimum atomic E-state index is -0.903. The van der Waals surface area contributed by atoms with Gasteiger partial charge in [0.15, 0.2) is 16.7 Å². The fraction of sp³-hybridized carbons (Fsp3) is 0.391. The van der Waals surface area contributed by atoms with Crippen molar-refractivity contribution in [1.82, 2.24) is 14.9 Å². The Labute approximate surface area is 204 Å². The summed E-state index contributed by atoms with van der Waals surface area (Å²) in [4.78, 5) is 39.4. The van der Waals surface area contributed by atoms with Crippen LogP contribution in [0.5, 0.6) is 11.5 Å². The van der Waals surface area contributed by atoms with E-state index in [9.17, 15) is 9.59 Å². The van der Waals surface area contributed by atoms with Crippen LogP contribution in [0.15, 0.2) is 35.5 Å². The number of carboxylic acid groups (broad SMARTS) is 1. The zero-order chi connectivity index (χ0) is 23.7. The summed E-state index contributed by atoms with van der Waals surface area (Å²) < 4.78 is 11.6. The molecule has 3 aromatic rings. The van der Waals surface area contributed by atoms with Crippen molar-refractivity contribution in [2.75, 3.05) is 43.4 Å². The van der Waals surface area contributed by atoms with E-state index in [1.165, 1.54) is 4.88 Å². The van der Waals surface area contributed by atoms with Crippen molar-refractivity contribution in [3.8, 4) is 11.5 Å². The number of para-hydroxylation sites is 2. The highest BCUT2D eigenvalue weighted by atomic mass is 32.2. The molecule has 34 heavy (non-hydrogen) atoms. The molecule has 0 saturated carbocycles. The van der Waals surface area contributed by atoms with E-state index >= 15 is 0 Å². The number of fused-ring (bicyclic) bond motifs is 2. The Kier molecular flexibility index (Phi) is 6.46. The number of carbonyl (C=O) groups excluding carboxylic acids is 1. The second kappa shape index (κ2) is 9.67. The monoisotopic (exact) mass is 500 g/mol. The van der Waals surface area contributed by atoms with Gasteiger partial charge in [-0.1, -0.05) is 30.8 Å². The number of hydrogen-bond donors (Lipinski definition) is 1. The second-order valence-corrected chi connectivity index (χ2v) is 10.0. The number of thioether (sulfide) groups is 1. The van der Waals surface area contributed by atoms with Gasteiger partial charge in [-0.2, -0.15) is 0 Å². The molecule has 5 rings (SSSR count). The number of aromatic nitrogens is 2. The maximum absolute atomic E-state index is 13.1. The van der Waals surface area contributed by atoms with Crippen molar-refractivity contribution in [3.63, 3.8) is 0 Å². The summed E-state index contributed by atoms with van der Waals surface area (Å²) in [6, 6.07) is 9.47. The van der Waals surface area contributed by atoms with Crippen LogP contribution in [0.3, 0.4) is 0 Å². The van der Waals surface area contributed by atoms with Crippen LogP contribution >= 0.6 is 23.1 Å². The number of aryl methyl sites for hydroxylation is 1. The molecule has 11 heteroatoms. The lowest BCUT2D eigenvalue weighted by Gasteiger charge is -2.37. The number of aliphatic carboxylic acids is 1. The van der Waals surface area contributed by atoms with Crippen LogP contribution < -0.4 is 14.4 Å². The van der Waals surface area contributed by atoms with E-state index in [1.807, 2.05) is 23.1 Å². The fourth-order valence-electron chi connectivity index (χ4n) is 4.03. The summed E-state index contributed by atoms with van der Waals surface area (Å²) in [5.74, 6) is 0.966. The van der Waals surface area contributed by atoms with E-state index in [2.05, 4.69) is 22.9 Å². The molecule has 1 fully saturated rings. The molecule has 0 aliphatic carbocycles. The average Bonchev–Trinajstić information content (AvgIpc) is 3.30. The molecule has 9 nitrogen and oxygen atoms in total. The Morgan fingerprint density at radius 2 is 1.94 bits per heavy atom. The summed E-state index contributed by atoms with van der Waals surface area (Å²) in [6.07, 6.45) is 0.239. The Hall–Kier alpha value is -3.05. The zero-order valence-corrected chi connectivity index (χ0v) is 20.2. The van der Waals surface area contributed by atoms with Gasteiger partial charge in [0.1, 0.15) is 17.3 Å². The van der Waals surface area contributed by atoms with Crippen LogP contribution in [0.25, 0.3) is 10.2 Å². The molecule has 2 aliphatic rings. The molecule has 0 spiro atoms. The number of rotatable bonds is 6. The minimum Gasteiger partial charge on any atom is -0.485 e. The number of anilines is 1. The molecule has 178 valence electrons. The van der Waals surface area contributed by atoms with Crippen molar-refractivity contribution in [3.05, 3.63) is 35.2 Å². The molecule has 2 aliphatic heterocycles. The van der Waals surface area contributed by atoms with Gasteiger partial charge in [-0.25, -0.2) is 9.97 Å². The van der Waals surface area contributed by atoms with Crippen LogP contribution in [-0.4, -0.2) is 76.5 Å². The third kappa shape index (κ3) is 4.62. The first-order valence-electron chi connectivity index (χ1n) is 11.1. The third-order valence-corrected chi connectivity index (χ3v) is 7.76. The van der Waals surface area contributed by atoms with Gasteiger partial charge >= 0.3 is 5.97 Å². The lowest BCUT2D eigenvalue weighted by Crippen LogP contribution is -2.54. The first kappa shape index (κ1) is 22.7. The van der Waals surface area contributed by atoms with E-state index < -0.39 is 12.1 Å². The normalized spacial score (nSPS) is 17.7. The summed E-state index contributed by atoms with van der Waals surface area (Å²) in [6.45, 7) is 4.59. The molecule has 0 bridgehead atoms. The van der Waals surface area contributed by atoms with Gasteiger partial charge < -0.3 is 24.4 Å². The van der Waals surface area contributed by atoms with E-state index in [0.29, 0.717) is 42.8 Å². The van der Waals surface area contributed by atoms with Gasteiger partial charge in [0.05, 0.1) is 11.1 Å². The van der Waals surface area contributed by atoms with Gasteiger partial charge in [0.2, 0.25) is 6.10 Å². The summed E-state index contributed by atoms with van der Waals surface area (Å²) in [7, 11) is 0. The van der Waals surface area contributed by atoms with Crippen molar-refractivity contribution in [1.29, 1.82) is 0 Å². The first-order chi connectivity index (χ1) is 16.5. The molecule has 2 aromatic heterocycles. The summed E-state index contributed by atoms with van der Waals surface area (Å²) in [5.41, 5.74) is 0. The Balaban J connectivity index is 1.30. The largest absolute Gasteiger partial charge is 0.485 e. The standard InChI is InChI=1S/C23H24N4O5S2/c1-2-14-11-15-20(24-23(25-21(15)34-14)33-13-19(28)29)26-7-9-27(10-8-26)22(30)18-12-31-16-5-3-4-6-17(16)32-18/h3-6,11,18H,2,7-10,12-13H2,1H3,(H,28,29). The zero-order valence-electron chi connectivity index (χ0n) is 18.6. The number of amides is 1. The van der Waals surface area contributed by atoms with Gasteiger partial charge in [-0.3, -0.25) is 9.59 Å². The van der Waals surface area contributed by atoms with Gasteiger partial charge in [0, 0.05) is 31.1 Å². The molecule has 1 atom stereocenters. The smallest absolute Gasteiger partial charge is 0.313 e. The highest BCUT2D eigenvalue weighted by Crippen LogP contribution is 2.34. The number of nitrogens with zero attached hydrogens (tertiary/aromatic N) is 4. The van der Waals surface area contributed by atoms with Crippen molar-refractivity contribution >= 4 is 51.0 Å². The van der Waals surface area contributed by atoms with Crippen molar-refractivity contribution in [2.24, 2.45) is 0 Å². The molecule has 1 saturated heterocycles. The number of thiophene rings is 1. The number of carboxylic acids is 1. The average molecular weight is 501 g/mol. The maximum atomic E-state index is 13.1. The maximum Gasteiger partial charge on any atom is 0.313 e. The Morgan fingerprint density at radius 3 is 2.68 bits per heavy atom. The number of hydrogen-bond acceptors (Lipinski definition) is 9. The fourth-order valence-corrected chi connectivity index (χ4v) is 5.61. The number of piperazine rings is 1. The van der Waals surface area contributed by atoms with Crippen LogP contribution in [0.4, 0.5) is 5.82 Å². The molecular weight excluding hydrogens is 476 g/mol. The molecule has 1 amide bonds. The van der Waals surface area contributed by atoms with Gasteiger partial charge in [-0.15, -0.1) is 11.3 Å². The van der Waals surface area contributed by atoms with Gasteiger partial charge in [0.25, 0.3) is 5.91 Å². The highest BCUT2D eigenvalue weighted by Gasteiger charge is 2.33. The molecular formula is C23H24N4O5S2. The van der Waals surface area contributed by atoms with Gasteiger partial charge in [-0.05, 0) is 24.6 Å². The SMILES string of the molecule is CCc1cc2c(N3CCN(C(=O)C4COc5ccccc5O4)CC3)nc(SCC(=O)O)nc2s1. The quantitative estimate of drug-likeness (QED) is 0.404. The highest BCUT2D eigenvalue weighted by molar-refractivity contribution is 7.99. The summed E-state index contributed by atoms with van der Waals surface area (Å²) in [5, 5.41) is 10.5. The van der Waals surface area contributed by atoms with Crippen molar-refractivity contribution < 1.29 is 24.2 Å². The molecule has 4 heterocycles. The predicted octanol–water partition coefficient (Wildman–Crippen LogP) is 2.92. The van der Waals surface area contributed by atoms with E-state index in [4.69, 9.17) is 19.6 Å². The van der Waals surface area contributed by atoms with Crippen LogP contribution in [0.2, 0.25) is 0 Å². The summed E-state index contributed by atoms with van der Waals surface area (Å²) >= 11 is 2.73. The number of carbonyl (C=O) groups is 2. The molecule has 1 N–H and O–H groups in total. The third-order valence-electron chi connectivity index (χ3n) is 5.75. The lowest BCUT2D eigenvalue weighted by atomic mass is 10.2.